The van der Waals surface area contributed by atoms with Crippen molar-refractivity contribution < 1.29 is 51.0 Å². The summed E-state index contributed by atoms with van der Waals surface area (Å²) in [5.74, 6) is 0.663. The molecule has 2 atom stereocenters. The Morgan fingerprint density at radius 1 is 0.757 bits per heavy atom. The van der Waals surface area contributed by atoms with Gasteiger partial charge in [0.25, 0.3) is 0 Å². The maximum absolute atomic E-state index is 2.44. The van der Waals surface area contributed by atoms with Gasteiger partial charge in [-0.15, -0.1) is 23.3 Å². The van der Waals surface area contributed by atoms with Crippen molar-refractivity contribution in [2.75, 3.05) is 0 Å². The van der Waals surface area contributed by atoms with Crippen LogP contribution in [0.3, 0.4) is 0 Å². The van der Waals surface area contributed by atoms with Crippen molar-refractivity contribution in [1.29, 1.82) is 0 Å². The van der Waals surface area contributed by atoms with Gasteiger partial charge in [0.2, 0.25) is 0 Å². The second kappa shape index (κ2) is 11.2. The van der Waals surface area contributed by atoms with Crippen LogP contribution in [0.5, 0.6) is 0 Å². The first-order valence-electron chi connectivity index (χ1n) is 12.4. The van der Waals surface area contributed by atoms with E-state index < -0.39 is 0 Å². The van der Waals surface area contributed by atoms with Gasteiger partial charge >= 0.3 is 26.2 Å². The van der Waals surface area contributed by atoms with Gasteiger partial charge in [0, 0.05) is 5.92 Å². The van der Waals surface area contributed by atoms with E-state index in [9.17, 15) is 0 Å². The zero-order valence-electron chi connectivity index (χ0n) is 20.7. The predicted molar refractivity (Wildman–Crippen MR) is 143 cm³/mol. The second-order valence-corrected chi connectivity index (χ2v) is 9.84. The molecule has 37 heavy (non-hydrogen) atoms. The average Bonchev–Trinajstić information content (AvgIpc) is 3.44. The molecule has 3 heteroatoms. The summed E-state index contributed by atoms with van der Waals surface area (Å²) in [6, 6.07) is 31.2. The summed E-state index contributed by atoms with van der Waals surface area (Å²) in [6.07, 6.45) is 11.9. The number of allylic oxidation sites excluding steroid dienone is 4. The number of hydrogen-bond donors (Lipinski definition) is 0. The van der Waals surface area contributed by atoms with Gasteiger partial charge in [0.05, 0.1) is 0 Å². The van der Waals surface area contributed by atoms with Gasteiger partial charge in [-0.05, 0) is 45.7 Å². The standard InChI is InChI=1S/C34H27.2ClH.Zr/c1-22-21-25-15-16-31(32-20-17-26(22)34(25)33(32)24-11-6-3-7-12-24)30-19-18-29-27(13-8-14-28(29)30)23-9-4-2-5-10-23;;;/h2-16,18-19,21,30,33H,17,20H2,1H3;2*1H;/q-1;;;+3/p-2. The monoisotopic (exact) mass is 595 g/mol. The summed E-state index contributed by atoms with van der Waals surface area (Å²) >= 11 is 0. The fraction of sp³-hybridized carbons (Fsp3) is 0.147. The smallest absolute Gasteiger partial charge is 1.00 e. The van der Waals surface area contributed by atoms with Gasteiger partial charge in [-0.1, -0.05) is 116 Å². The Morgan fingerprint density at radius 3 is 2.24 bits per heavy atom. The number of aryl methyl sites for hydroxylation is 1. The van der Waals surface area contributed by atoms with Crippen LogP contribution in [0.4, 0.5) is 0 Å². The molecular formula is C34H27Cl2Zr. The average molecular weight is 598 g/mol. The van der Waals surface area contributed by atoms with E-state index in [-0.39, 0.29) is 51.0 Å². The zero-order valence-corrected chi connectivity index (χ0v) is 24.7. The minimum Gasteiger partial charge on any atom is -1.00 e. The molecule has 0 amide bonds. The van der Waals surface area contributed by atoms with E-state index in [1.54, 1.807) is 16.7 Å². The molecule has 2 bridgehead atoms. The van der Waals surface area contributed by atoms with Gasteiger partial charge in [-0.25, -0.2) is 0 Å². The quantitative estimate of drug-likeness (QED) is 0.319. The topological polar surface area (TPSA) is 0 Å². The Balaban J connectivity index is 0.00000107. The molecule has 7 rings (SSSR count). The molecule has 1 radical (unpaired) electrons. The molecule has 4 aromatic carbocycles. The summed E-state index contributed by atoms with van der Waals surface area (Å²) in [4.78, 5) is 0. The number of fused-ring (bicyclic) bond motifs is 2. The van der Waals surface area contributed by atoms with Crippen LogP contribution in [0.15, 0.2) is 108 Å². The number of hydrogen-bond acceptors (Lipinski definition) is 0. The first-order chi connectivity index (χ1) is 16.8. The summed E-state index contributed by atoms with van der Waals surface area (Å²) in [5.41, 5.74) is 15.9. The fourth-order valence-corrected chi connectivity index (χ4v) is 6.57. The number of rotatable bonds is 3. The van der Waals surface area contributed by atoms with Crippen LogP contribution in [0, 0.1) is 6.92 Å². The Morgan fingerprint density at radius 2 is 1.49 bits per heavy atom. The number of benzene rings is 3. The SMILES string of the molecule is Cc1[cH-]c2c3c1CCC(=C(C1C=Cc4c(-c5ccccc5)cccc41)C=C2)C3c1ccccc1.[Cl-].[Cl-].[Zr+3]. The molecule has 3 aliphatic carbocycles. The summed E-state index contributed by atoms with van der Waals surface area (Å²) in [5, 5.41) is 0. The van der Waals surface area contributed by atoms with Gasteiger partial charge in [-0.2, -0.15) is 11.1 Å². The predicted octanol–water partition coefficient (Wildman–Crippen LogP) is 2.60. The van der Waals surface area contributed by atoms with Crippen LogP contribution >= 0.6 is 0 Å². The fourth-order valence-electron chi connectivity index (χ4n) is 6.57. The van der Waals surface area contributed by atoms with Gasteiger partial charge in [0.1, 0.15) is 0 Å². The summed E-state index contributed by atoms with van der Waals surface area (Å²) < 4.78 is 0. The molecule has 2 unspecified atom stereocenters. The maximum atomic E-state index is 2.44. The Hall–Kier alpha value is -2.31. The molecule has 0 saturated heterocycles. The van der Waals surface area contributed by atoms with Crippen LogP contribution in [-0.2, 0) is 32.6 Å². The van der Waals surface area contributed by atoms with Crippen LogP contribution in [0.2, 0.25) is 0 Å². The van der Waals surface area contributed by atoms with E-state index in [1.165, 1.54) is 44.5 Å². The largest absolute Gasteiger partial charge is 3.00 e. The second-order valence-electron chi connectivity index (χ2n) is 9.84. The minimum absolute atomic E-state index is 0. The molecule has 181 valence electrons. The van der Waals surface area contributed by atoms with Crippen molar-refractivity contribution in [3.8, 4) is 11.1 Å². The molecular weight excluding hydrogens is 571 g/mol. The third kappa shape index (κ3) is 4.50. The molecule has 0 heterocycles. The maximum Gasteiger partial charge on any atom is 3.00 e. The van der Waals surface area contributed by atoms with E-state index in [4.69, 9.17) is 0 Å². The van der Waals surface area contributed by atoms with E-state index in [0.29, 0.717) is 11.8 Å². The van der Waals surface area contributed by atoms with E-state index in [0.717, 1.165) is 12.8 Å². The van der Waals surface area contributed by atoms with Gasteiger partial charge < -0.3 is 24.8 Å². The molecule has 0 fully saturated rings. The first kappa shape index (κ1) is 27.7. The van der Waals surface area contributed by atoms with Gasteiger partial charge in [0.15, 0.2) is 0 Å². The number of halogens is 2. The van der Waals surface area contributed by atoms with Crippen molar-refractivity contribution in [3.63, 3.8) is 0 Å². The van der Waals surface area contributed by atoms with E-state index in [2.05, 4.69) is 116 Å². The Labute approximate surface area is 251 Å². The normalized spacial score (nSPS) is 18.3. The molecule has 0 spiro atoms. The molecule has 0 nitrogen and oxygen atoms in total. The van der Waals surface area contributed by atoms with E-state index >= 15 is 0 Å². The molecule has 0 N–H and O–H groups in total. The van der Waals surface area contributed by atoms with Crippen molar-refractivity contribution in [1.82, 2.24) is 0 Å². The first-order valence-corrected chi connectivity index (χ1v) is 12.4. The van der Waals surface area contributed by atoms with Gasteiger partial charge in [-0.3, -0.25) is 0 Å². The van der Waals surface area contributed by atoms with Crippen LogP contribution in [0.25, 0.3) is 23.3 Å². The van der Waals surface area contributed by atoms with Crippen LogP contribution < -0.4 is 24.8 Å². The van der Waals surface area contributed by atoms with E-state index in [1.807, 2.05) is 0 Å². The molecule has 0 aliphatic heterocycles. The Bertz CT molecular complexity index is 1510. The van der Waals surface area contributed by atoms with Crippen LogP contribution in [-0.4, -0.2) is 0 Å². The van der Waals surface area contributed by atoms with Crippen molar-refractivity contribution >= 4 is 12.2 Å². The Kier molecular flexibility index (Phi) is 8.39. The van der Waals surface area contributed by atoms with Crippen molar-refractivity contribution in [2.45, 2.75) is 31.6 Å². The molecule has 3 aliphatic rings. The van der Waals surface area contributed by atoms with Crippen molar-refractivity contribution in [3.05, 3.63) is 147 Å². The molecule has 4 aromatic rings. The molecule has 0 saturated carbocycles. The third-order valence-corrected chi connectivity index (χ3v) is 8.06. The summed E-state index contributed by atoms with van der Waals surface area (Å²) in [7, 11) is 0. The zero-order chi connectivity index (χ0) is 22.6. The summed E-state index contributed by atoms with van der Waals surface area (Å²) in [6.45, 7) is 2.29. The van der Waals surface area contributed by atoms with Crippen LogP contribution in [0.1, 0.15) is 57.2 Å². The minimum atomic E-state index is 0. The third-order valence-electron chi connectivity index (χ3n) is 8.06. The van der Waals surface area contributed by atoms with Crippen molar-refractivity contribution in [2.24, 2.45) is 0 Å². The molecule has 0 aromatic heterocycles.